The fraction of sp³-hybridized carbons (Fsp3) is 0.263. The summed E-state index contributed by atoms with van der Waals surface area (Å²) in [5.74, 6) is 2.00. The normalized spacial score (nSPS) is 13.2. The van der Waals surface area contributed by atoms with Crippen LogP contribution in [0.25, 0.3) is 11.4 Å². The highest BCUT2D eigenvalue weighted by Gasteiger charge is 2.40. The summed E-state index contributed by atoms with van der Waals surface area (Å²) in [5.41, 5.74) is 5.02. The molecule has 24 heavy (non-hydrogen) atoms. The first kappa shape index (κ1) is 15.0. The van der Waals surface area contributed by atoms with Crippen molar-refractivity contribution in [2.45, 2.75) is 33.7 Å². The number of fused-ring (bicyclic) bond motifs is 3. The van der Waals surface area contributed by atoms with Gasteiger partial charge in [0.15, 0.2) is 0 Å². The van der Waals surface area contributed by atoms with E-state index in [0.717, 1.165) is 17.2 Å². The lowest BCUT2D eigenvalue weighted by Gasteiger charge is -2.40. The van der Waals surface area contributed by atoms with E-state index in [1.807, 2.05) is 18.5 Å². The SMILES string of the molecule is Cc1cccc(C)c1B1N(C(C)C)c2ncccc2-c2nccn21. The van der Waals surface area contributed by atoms with Gasteiger partial charge in [0, 0.05) is 24.6 Å². The van der Waals surface area contributed by atoms with Gasteiger partial charge >= 0.3 is 6.98 Å². The Labute approximate surface area is 143 Å². The first-order valence-electron chi connectivity index (χ1n) is 8.42. The quantitative estimate of drug-likeness (QED) is 0.682. The number of aromatic nitrogens is 3. The molecule has 0 N–H and O–H groups in total. The molecule has 1 aliphatic heterocycles. The number of hydrogen-bond donors (Lipinski definition) is 0. The van der Waals surface area contributed by atoms with E-state index in [2.05, 4.69) is 72.4 Å². The van der Waals surface area contributed by atoms with E-state index in [4.69, 9.17) is 4.98 Å². The van der Waals surface area contributed by atoms with Crippen LogP contribution in [-0.4, -0.2) is 27.5 Å². The van der Waals surface area contributed by atoms with Crippen LogP contribution < -0.4 is 10.3 Å². The van der Waals surface area contributed by atoms with Gasteiger partial charge in [0.25, 0.3) is 0 Å². The molecule has 4 nitrogen and oxygen atoms in total. The van der Waals surface area contributed by atoms with Crippen LogP contribution in [0.4, 0.5) is 5.82 Å². The van der Waals surface area contributed by atoms with E-state index in [-0.39, 0.29) is 6.98 Å². The van der Waals surface area contributed by atoms with Crippen LogP contribution in [0.2, 0.25) is 0 Å². The highest BCUT2D eigenvalue weighted by molar-refractivity contribution is 6.77. The lowest BCUT2D eigenvalue weighted by atomic mass is 9.60. The van der Waals surface area contributed by atoms with Gasteiger partial charge in [0.1, 0.15) is 11.6 Å². The third kappa shape index (κ3) is 2.08. The second-order valence-electron chi connectivity index (χ2n) is 6.71. The van der Waals surface area contributed by atoms with Crippen LogP contribution in [0.5, 0.6) is 0 Å². The summed E-state index contributed by atoms with van der Waals surface area (Å²) in [5, 5.41) is 0. The molecule has 0 radical (unpaired) electrons. The number of anilines is 1. The molecule has 3 heterocycles. The molecule has 3 aromatic rings. The molecule has 1 aliphatic rings. The number of imidazole rings is 1. The first-order valence-corrected chi connectivity index (χ1v) is 8.42. The zero-order valence-corrected chi connectivity index (χ0v) is 14.6. The van der Waals surface area contributed by atoms with Crippen LogP contribution in [0, 0.1) is 13.8 Å². The standard InChI is InChI=1S/C19H21BN4/c1-13(2)24-19-16(9-6-10-21-19)18-22-11-12-23(18)20(24)17-14(3)7-5-8-15(17)4/h5-13H,1-4H3. The zero-order valence-electron chi connectivity index (χ0n) is 14.6. The Hall–Kier alpha value is -2.56. The number of pyridine rings is 1. The first-order chi connectivity index (χ1) is 11.6. The second kappa shape index (κ2) is 5.51. The zero-order chi connectivity index (χ0) is 16.8. The van der Waals surface area contributed by atoms with Crippen LogP contribution in [0.15, 0.2) is 48.9 Å². The maximum atomic E-state index is 4.71. The third-order valence-corrected chi connectivity index (χ3v) is 4.82. The molecule has 0 saturated carbocycles. The van der Waals surface area contributed by atoms with Crippen LogP contribution in [0.3, 0.4) is 0 Å². The number of hydrogen-bond acceptors (Lipinski definition) is 3. The Kier molecular flexibility index (Phi) is 3.45. The summed E-state index contributed by atoms with van der Waals surface area (Å²) in [6, 6.07) is 10.9. The highest BCUT2D eigenvalue weighted by atomic mass is 15.3. The van der Waals surface area contributed by atoms with Crippen LogP contribution in [-0.2, 0) is 0 Å². The lowest BCUT2D eigenvalue weighted by Crippen LogP contribution is -2.60. The van der Waals surface area contributed by atoms with Crippen molar-refractivity contribution in [1.29, 1.82) is 0 Å². The molecule has 0 amide bonds. The molecular formula is C19H21BN4. The smallest absolute Gasteiger partial charge is 0.374 e. The Morgan fingerprint density at radius 1 is 0.958 bits per heavy atom. The molecule has 5 heteroatoms. The van der Waals surface area contributed by atoms with Crippen molar-refractivity contribution in [2.24, 2.45) is 0 Å². The minimum atomic E-state index is 0.0751. The summed E-state index contributed by atoms with van der Waals surface area (Å²) in [7, 11) is 0. The van der Waals surface area contributed by atoms with Crippen molar-refractivity contribution in [3.8, 4) is 11.4 Å². The molecule has 0 bridgehead atoms. The van der Waals surface area contributed by atoms with E-state index in [1.54, 1.807) is 0 Å². The third-order valence-electron chi connectivity index (χ3n) is 4.82. The Bertz CT molecular complexity index is 880. The van der Waals surface area contributed by atoms with Crippen LogP contribution in [0.1, 0.15) is 25.0 Å². The molecule has 120 valence electrons. The Morgan fingerprint density at radius 3 is 2.42 bits per heavy atom. The molecule has 1 aromatic carbocycles. The maximum absolute atomic E-state index is 4.71. The maximum Gasteiger partial charge on any atom is 0.418 e. The minimum absolute atomic E-state index is 0.0751. The predicted octanol–water partition coefficient (Wildman–Crippen LogP) is 3.03. The van der Waals surface area contributed by atoms with Crippen molar-refractivity contribution in [3.63, 3.8) is 0 Å². The summed E-state index contributed by atoms with van der Waals surface area (Å²) < 4.78 is 2.28. The van der Waals surface area contributed by atoms with E-state index >= 15 is 0 Å². The molecule has 0 aliphatic carbocycles. The van der Waals surface area contributed by atoms with Gasteiger partial charge < -0.3 is 9.29 Å². The average molecular weight is 316 g/mol. The van der Waals surface area contributed by atoms with Crippen molar-refractivity contribution in [3.05, 3.63) is 60.0 Å². The molecule has 2 aromatic heterocycles. The number of aryl methyl sites for hydroxylation is 2. The number of nitrogens with zero attached hydrogens (tertiary/aromatic N) is 4. The predicted molar refractivity (Wildman–Crippen MR) is 99.8 cm³/mol. The highest BCUT2D eigenvalue weighted by Crippen LogP contribution is 2.35. The van der Waals surface area contributed by atoms with Gasteiger partial charge in [-0.1, -0.05) is 29.3 Å². The van der Waals surface area contributed by atoms with Crippen molar-refractivity contribution in [2.75, 3.05) is 4.81 Å². The minimum Gasteiger partial charge on any atom is -0.374 e. The summed E-state index contributed by atoms with van der Waals surface area (Å²) in [6.45, 7) is 8.89. The van der Waals surface area contributed by atoms with Gasteiger partial charge in [-0.05, 0) is 45.3 Å². The molecule has 0 unspecified atom stereocenters. The largest absolute Gasteiger partial charge is 0.418 e. The lowest BCUT2D eigenvalue weighted by molar-refractivity contribution is 0.789. The summed E-state index contributed by atoms with van der Waals surface area (Å²) in [4.78, 5) is 11.7. The summed E-state index contributed by atoms with van der Waals surface area (Å²) in [6.07, 6.45) is 5.84. The average Bonchev–Trinajstić information content (AvgIpc) is 3.04. The topological polar surface area (TPSA) is 34.0 Å². The Balaban J connectivity index is 2.03. The second-order valence-corrected chi connectivity index (χ2v) is 6.71. The molecule has 4 rings (SSSR count). The molecule has 0 atom stereocenters. The van der Waals surface area contributed by atoms with Gasteiger partial charge in [0.2, 0.25) is 0 Å². The van der Waals surface area contributed by atoms with Crippen molar-refractivity contribution in [1.82, 2.24) is 14.4 Å². The van der Waals surface area contributed by atoms with Crippen molar-refractivity contribution >= 4 is 18.3 Å². The monoisotopic (exact) mass is 316 g/mol. The van der Waals surface area contributed by atoms with Gasteiger partial charge in [-0.15, -0.1) is 0 Å². The molecule has 0 fully saturated rings. The van der Waals surface area contributed by atoms with Gasteiger partial charge in [0.05, 0.1) is 5.56 Å². The van der Waals surface area contributed by atoms with Gasteiger partial charge in [-0.3, -0.25) is 0 Å². The van der Waals surface area contributed by atoms with Crippen molar-refractivity contribution < 1.29 is 0 Å². The van der Waals surface area contributed by atoms with E-state index < -0.39 is 0 Å². The van der Waals surface area contributed by atoms with Gasteiger partial charge in [-0.2, -0.15) is 0 Å². The van der Waals surface area contributed by atoms with E-state index in [0.29, 0.717) is 6.04 Å². The number of rotatable bonds is 2. The van der Waals surface area contributed by atoms with E-state index in [9.17, 15) is 0 Å². The number of benzene rings is 1. The van der Waals surface area contributed by atoms with Gasteiger partial charge in [-0.25, -0.2) is 9.97 Å². The summed E-state index contributed by atoms with van der Waals surface area (Å²) >= 11 is 0. The Morgan fingerprint density at radius 2 is 1.71 bits per heavy atom. The fourth-order valence-electron chi connectivity index (χ4n) is 3.79. The molecule has 0 spiro atoms. The van der Waals surface area contributed by atoms with Crippen LogP contribution >= 0.6 is 0 Å². The molecule has 0 saturated heterocycles. The molecular weight excluding hydrogens is 295 g/mol. The fourth-order valence-corrected chi connectivity index (χ4v) is 3.79. The van der Waals surface area contributed by atoms with E-state index in [1.165, 1.54) is 16.6 Å².